The Morgan fingerprint density at radius 2 is 1.65 bits per heavy atom. The molecule has 5 nitrogen and oxygen atoms in total. The zero-order chi connectivity index (χ0) is 21.0. The van der Waals surface area contributed by atoms with E-state index in [1.165, 1.54) is 17.7 Å². The van der Waals surface area contributed by atoms with Crippen molar-refractivity contribution in [2.45, 2.75) is 32.4 Å². The van der Waals surface area contributed by atoms with Crippen LogP contribution in [0.15, 0.2) is 67.1 Å². The van der Waals surface area contributed by atoms with Crippen LogP contribution in [0.4, 0.5) is 4.39 Å². The van der Waals surface area contributed by atoms with Crippen LogP contribution < -0.4 is 0 Å². The van der Waals surface area contributed by atoms with E-state index in [1.807, 2.05) is 12.1 Å². The molecule has 0 atom stereocenters. The van der Waals surface area contributed by atoms with Crippen LogP contribution in [0.1, 0.15) is 29.8 Å². The van der Waals surface area contributed by atoms with Gasteiger partial charge in [-0.05, 0) is 55.1 Å². The third-order valence-electron chi connectivity index (χ3n) is 6.17. The van der Waals surface area contributed by atoms with Gasteiger partial charge in [-0.15, -0.1) is 0 Å². The van der Waals surface area contributed by atoms with E-state index in [2.05, 4.69) is 49.8 Å². The van der Waals surface area contributed by atoms with Crippen LogP contribution >= 0.6 is 0 Å². The van der Waals surface area contributed by atoms with E-state index in [0.29, 0.717) is 12.5 Å². The minimum absolute atomic E-state index is 0.218. The number of imidazole rings is 1. The molecular formula is C25H26FN5. The first-order chi connectivity index (χ1) is 15.2. The van der Waals surface area contributed by atoms with E-state index in [4.69, 9.17) is 4.98 Å². The van der Waals surface area contributed by atoms with Gasteiger partial charge in [0.2, 0.25) is 0 Å². The highest BCUT2D eigenvalue weighted by molar-refractivity contribution is 5.70. The quantitative estimate of drug-likeness (QED) is 0.466. The molecule has 1 saturated heterocycles. The topological polar surface area (TPSA) is 46.8 Å². The first-order valence-corrected chi connectivity index (χ1v) is 10.9. The Morgan fingerprint density at radius 3 is 2.42 bits per heavy atom. The summed E-state index contributed by atoms with van der Waals surface area (Å²) in [7, 11) is 0. The van der Waals surface area contributed by atoms with Gasteiger partial charge in [-0.25, -0.2) is 19.3 Å². The van der Waals surface area contributed by atoms with Crippen LogP contribution in [-0.2, 0) is 19.5 Å². The zero-order valence-electron chi connectivity index (χ0n) is 17.5. The number of nitrogens with zero attached hydrogens (tertiary/aromatic N) is 5. The van der Waals surface area contributed by atoms with Crippen LogP contribution in [0.5, 0.6) is 0 Å². The van der Waals surface area contributed by atoms with Crippen molar-refractivity contribution in [2.24, 2.45) is 5.92 Å². The molecule has 0 amide bonds. The Kier molecular flexibility index (Phi) is 5.71. The molecule has 0 aliphatic carbocycles. The molecule has 2 aromatic carbocycles. The molecule has 3 heterocycles. The lowest BCUT2D eigenvalue weighted by molar-refractivity contribution is 0.175. The maximum atomic E-state index is 13.3. The second kappa shape index (κ2) is 8.94. The minimum atomic E-state index is -0.218. The highest BCUT2D eigenvalue weighted by Gasteiger charge is 2.22. The fourth-order valence-corrected chi connectivity index (χ4v) is 4.47. The van der Waals surface area contributed by atoms with Gasteiger partial charge in [0.05, 0.1) is 12.7 Å². The van der Waals surface area contributed by atoms with Gasteiger partial charge in [0, 0.05) is 13.0 Å². The lowest BCUT2D eigenvalue weighted by Crippen LogP contribution is -2.34. The molecule has 1 aliphatic heterocycles. The smallest absolute Gasteiger partial charge is 0.163 e. The lowest BCUT2D eigenvalue weighted by atomic mass is 9.93. The molecule has 2 aromatic heterocycles. The summed E-state index contributed by atoms with van der Waals surface area (Å²) < 4.78 is 15.5. The van der Waals surface area contributed by atoms with Gasteiger partial charge in [-0.3, -0.25) is 4.90 Å². The monoisotopic (exact) mass is 415 g/mol. The van der Waals surface area contributed by atoms with Crippen molar-refractivity contribution in [3.8, 4) is 0 Å². The summed E-state index contributed by atoms with van der Waals surface area (Å²) >= 11 is 0. The SMILES string of the molecule is Fc1ccc(Cn2c(CC3CCN(Cc4ccccc4)CC3)nc3cncnc32)cc1. The summed E-state index contributed by atoms with van der Waals surface area (Å²) in [5, 5.41) is 0. The summed E-state index contributed by atoms with van der Waals surface area (Å²) in [6, 6.07) is 17.3. The lowest BCUT2D eigenvalue weighted by Gasteiger charge is -2.32. The Balaban J connectivity index is 1.29. The minimum Gasteiger partial charge on any atom is -0.308 e. The van der Waals surface area contributed by atoms with Gasteiger partial charge in [0.15, 0.2) is 5.65 Å². The third-order valence-corrected chi connectivity index (χ3v) is 6.17. The average molecular weight is 416 g/mol. The predicted octanol–water partition coefficient (Wildman–Crippen LogP) is 4.47. The standard InChI is InChI=1S/C25H26FN5/c26-22-8-6-21(7-9-22)17-31-24(29-23-15-27-18-28-25(23)31)14-19-10-12-30(13-11-19)16-20-4-2-1-3-5-20/h1-9,15,18-19H,10-14,16-17H2. The van der Waals surface area contributed by atoms with Crippen LogP contribution in [0, 0.1) is 11.7 Å². The van der Waals surface area contributed by atoms with E-state index in [0.717, 1.165) is 61.4 Å². The molecule has 31 heavy (non-hydrogen) atoms. The fourth-order valence-electron chi connectivity index (χ4n) is 4.47. The van der Waals surface area contributed by atoms with Crippen molar-refractivity contribution in [3.05, 3.63) is 89.9 Å². The maximum absolute atomic E-state index is 13.3. The second-order valence-corrected chi connectivity index (χ2v) is 8.38. The van der Waals surface area contributed by atoms with Crippen LogP contribution in [0.2, 0.25) is 0 Å². The van der Waals surface area contributed by atoms with Crippen molar-refractivity contribution >= 4 is 11.2 Å². The number of rotatable bonds is 6. The Hall–Kier alpha value is -3.12. The molecule has 0 radical (unpaired) electrons. The van der Waals surface area contributed by atoms with Gasteiger partial charge in [-0.2, -0.15) is 0 Å². The Labute approximate surface area is 181 Å². The van der Waals surface area contributed by atoms with Crippen molar-refractivity contribution < 1.29 is 4.39 Å². The largest absolute Gasteiger partial charge is 0.308 e. The summed E-state index contributed by atoms with van der Waals surface area (Å²) in [4.78, 5) is 16.0. The summed E-state index contributed by atoms with van der Waals surface area (Å²) in [6.45, 7) is 3.87. The molecule has 5 rings (SSSR count). The number of benzene rings is 2. The fraction of sp³-hybridized carbons (Fsp3) is 0.320. The normalized spacial score (nSPS) is 15.5. The van der Waals surface area contributed by atoms with Gasteiger partial charge in [0.1, 0.15) is 23.5 Å². The molecule has 0 unspecified atom stereocenters. The number of halogens is 1. The van der Waals surface area contributed by atoms with Crippen LogP contribution in [0.3, 0.4) is 0 Å². The van der Waals surface area contributed by atoms with Gasteiger partial charge in [-0.1, -0.05) is 42.5 Å². The van der Waals surface area contributed by atoms with E-state index >= 15 is 0 Å². The molecule has 1 aliphatic rings. The van der Waals surface area contributed by atoms with Crippen LogP contribution in [0.25, 0.3) is 11.2 Å². The van der Waals surface area contributed by atoms with E-state index in [-0.39, 0.29) is 5.82 Å². The molecule has 4 aromatic rings. The van der Waals surface area contributed by atoms with Crippen molar-refractivity contribution in [1.82, 2.24) is 24.4 Å². The third kappa shape index (κ3) is 4.64. The van der Waals surface area contributed by atoms with E-state index in [1.54, 1.807) is 12.5 Å². The van der Waals surface area contributed by atoms with Crippen molar-refractivity contribution in [3.63, 3.8) is 0 Å². The van der Waals surface area contributed by atoms with Gasteiger partial charge in [0.25, 0.3) is 0 Å². The number of likely N-dealkylation sites (tertiary alicyclic amines) is 1. The molecule has 0 bridgehead atoms. The number of piperidine rings is 1. The number of fused-ring (bicyclic) bond motifs is 1. The van der Waals surface area contributed by atoms with Gasteiger partial charge < -0.3 is 4.57 Å². The predicted molar refractivity (Wildman–Crippen MR) is 119 cm³/mol. The summed E-state index contributed by atoms with van der Waals surface area (Å²) in [6.07, 6.45) is 6.60. The van der Waals surface area contributed by atoms with E-state index < -0.39 is 0 Å². The molecule has 158 valence electrons. The number of hydrogen-bond acceptors (Lipinski definition) is 4. The Morgan fingerprint density at radius 1 is 0.903 bits per heavy atom. The van der Waals surface area contributed by atoms with E-state index in [9.17, 15) is 4.39 Å². The molecule has 0 saturated carbocycles. The molecule has 0 spiro atoms. The molecular weight excluding hydrogens is 389 g/mol. The van der Waals surface area contributed by atoms with Crippen molar-refractivity contribution in [1.29, 1.82) is 0 Å². The first-order valence-electron chi connectivity index (χ1n) is 10.9. The highest BCUT2D eigenvalue weighted by Crippen LogP contribution is 2.25. The summed E-state index contributed by atoms with van der Waals surface area (Å²) in [5.74, 6) is 1.43. The van der Waals surface area contributed by atoms with Gasteiger partial charge >= 0.3 is 0 Å². The highest BCUT2D eigenvalue weighted by atomic mass is 19.1. The summed E-state index contributed by atoms with van der Waals surface area (Å²) in [5.41, 5.74) is 4.08. The average Bonchev–Trinajstić information content (AvgIpc) is 3.14. The maximum Gasteiger partial charge on any atom is 0.163 e. The number of aromatic nitrogens is 4. The first kappa shape index (κ1) is 19.8. The zero-order valence-corrected chi connectivity index (χ0v) is 17.5. The van der Waals surface area contributed by atoms with Crippen molar-refractivity contribution in [2.75, 3.05) is 13.1 Å². The Bertz CT molecular complexity index is 1130. The second-order valence-electron chi connectivity index (χ2n) is 8.38. The molecule has 0 N–H and O–H groups in total. The van der Waals surface area contributed by atoms with Crippen LogP contribution in [-0.4, -0.2) is 37.5 Å². The number of hydrogen-bond donors (Lipinski definition) is 0. The molecule has 1 fully saturated rings. The molecule has 6 heteroatoms.